The number of benzene rings is 1. The number of hydrogen-bond acceptors (Lipinski definition) is 6. The van der Waals surface area contributed by atoms with Crippen LogP contribution in [-0.4, -0.2) is 31.7 Å². The molecule has 25 heavy (non-hydrogen) atoms. The van der Waals surface area contributed by atoms with Gasteiger partial charge in [0.2, 0.25) is 0 Å². The van der Waals surface area contributed by atoms with Crippen LogP contribution >= 0.6 is 0 Å². The first kappa shape index (κ1) is 16.6. The molecule has 1 N–H and O–H groups in total. The molecule has 3 aromatic rings. The van der Waals surface area contributed by atoms with Gasteiger partial charge in [-0.2, -0.15) is 5.10 Å². The van der Waals surface area contributed by atoms with Gasteiger partial charge in [-0.25, -0.2) is 4.98 Å². The van der Waals surface area contributed by atoms with Crippen LogP contribution in [0.25, 0.3) is 22.8 Å². The van der Waals surface area contributed by atoms with Crippen molar-refractivity contribution < 1.29 is 9.66 Å². The molecule has 0 spiro atoms. The van der Waals surface area contributed by atoms with E-state index < -0.39 is 4.92 Å². The number of nitrogens with one attached hydrogen (secondary N) is 1. The number of nitro benzene ring substituents is 1. The molecule has 0 aliphatic rings. The Labute approximate surface area is 144 Å². The second kappa shape index (κ2) is 7.52. The monoisotopic (exact) mass is 339 g/mol. The first-order valence-corrected chi connectivity index (χ1v) is 7.93. The maximum Gasteiger partial charge on any atom is 0.311 e. The third kappa shape index (κ3) is 3.79. The Bertz CT molecular complexity index is 864. The lowest BCUT2D eigenvalue weighted by Gasteiger charge is -2.06. The molecule has 0 saturated heterocycles. The predicted molar refractivity (Wildman–Crippen MR) is 92.1 cm³/mol. The van der Waals surface area contributed by atoms with E-state index in [2.05, 4.69) is 20.2 Å². The van der Waals surface area contributed by atoms with Crippen molar-refractivity contribution in [1.29, 1.82) is 0 Å². The fourth-order valence-electron chi connectivity index (χ4n) is 2.28. The minimum atomic E-state index is -0.457. The Morgan fingerprint density at radius 2 is 2.00 bits per heavy atom. The van der Waals surface area contributed by atoms with Gasteiger partial charge in [0.15, 0.2) is 17.4 Å². The lowest BCUT2D eigenvalue weighted by molar-refractivity contribution is -0.385. The number of H-pyrrole nitrogens is 1. The van der Waals surface area contributed by atoms with Gasteiger partial charge in [0, 0.05) is 29.6 Å². The van der Waals surface area contributed by atoms with Crippen LogP contribution in [0.4, 0.5) is 5.69 Å². The van der Waals surface area contributed by atoms with Gasteiger partial charge in [-0.15, -0.1) is 0 Å². The van der Waals surface area contributed by atoms with Gasteiger partial charge in [0.1, 0.15) is 0 Å². The average molecular weight is 339 g/mol. The highest BCUT2D eigenvalue weighted by Gasteiger charge is 2.18. The van der Waals surface area contributed by atoms with Crippen molar-refractivity contribution in [2.75, 3.05) is 6.61 Å². The summed E-state index contributed by atoms with van der Waals surface area (Å²) in [5.41, 5.74) is 1.29. The molecule has 0 radical (unpaired) electrons. The number of aromatic amines is 1. The van der Waals surface area contributed by atoms with Crippen molar-refractivity contribution in [3.05, 3.63) is 52.8 Å². The summed E-state index contributed by atoms with van der Waals surface area (Å²) < 4.78 is 5.51. The van der Waals surface area contributed by atoms with E-state index in [-0.39, 0.29) is 11.4 Å². The number of pyridine rings is 1. The fraction of sp³-hybridized carbons (Fsp3) is 0.235. The molecule has 0 saturated carbocycles. The molecule has 0 aliphatic heterocycles. The smallest absolute Gasteiger partial charge is 0.311 e. The molecule has 0 atom stereocenters. The van der Waals surface area contributed by atoms with E-state index >= 15 is 0 Å². The van der Waals surface area contributed by atoms with E-state index in [1.165, 1.54) is 6.07 Å². The third-order valence-electron chi connectivity index (χ3n) is 3.61. The first-order valence-electron chi connectivity index (χ1n) is 7.93. The maximum atomic E-state index is 11.3. The summed E-state index contributed by atoms with van der Waals surface area (Å²) >= 11 is 0. The van der Waals surface area contributed by atoms with Crippen molar-refractivity contribution in [1.82, 2.24) is 20.2 Å². The molecule has 8 nitrogen and oxygen atoms in total. The summed E-state index contributed by atoms with van der Waals surface area (Å²) in [6.07, 6.45) is 5.12. The van der Waals surface area contributed by atoms with E-state index in [1.54, 1.807) is 36.7 Å². The first-order chi connectivity index (χ1) is 12.2. The average Bonchev–Trinajstić information content (AvgIpc) is 3.13. The standard InChI is InChI=1S/C17H17N5O3/c1-2-3-10-25-15-5-4-13(11-14(15)22(23)24)17-19-16(20-21-17)12-6-8-18-9-7-12/h4-9,11H,2-3,10H2,1H3,(H,19,20,21). The third-order valence-corrected chi connectivity index (χ3v) is 3.61. The number of nitrogens with zero attached hydrogens (tertiary/aromatic N) is 4. The van der Waals surface area contributed by atoms with Gasteiger partial charge in [-0.1, -0.05) is 13.3 Å². The van der Waals surface area contributed by atoms with Crippen molar-refractivity contribution in [2.24, 2.45) is 0 Å². The summed E-state index contributed by atoms with van der Waals surface area (Å²) in [7, 11) is 0. The molecule has 0 bridgehead atoms. The highest BCUT2D eigenvalue weighted by Crippen LogP contribution is 2.31. The largest absolute Gasteiger partial charge is 0.487 e. The molecular weight excluding hydrogens is 322 g/mol. The topological polar surface area (TPSA) is 107 Å². The zero-order valence-electron chi connectivity index (χ0n) is 13.7. The molecular formula is C17H17N5O3. The van der Waals surface area contributed by atoms with Crippen molar-refractivity contribution in [3.8, 4) is 28.5 Å². The Morgan fingerprint density at radius 1 is 1.20 bits per heavy atom. The summed E-state index contributed by atoms with van der Waals surface area (Å²) in [5.74, 6) is 1.21. The molecule has 0 fully saturated rings. The number of nitro groups is 1. The SMILES string of the molecule is CCCCOc1ccc(-c2n[nH]c(-c3ccncc3)n2)cc1[N+](=O)[O-]. The Morgan fingerprint density at radius 3 is 2.72 bits per heavy atom. The van der Waals surface area contributed by atoms with Gasteiger partial charge < -0.3 is 4.74 Å². The van der Waals surface area contributed by atoms with Crippen LogP contribution in [0.1, 0.15) is 19.8 Å². The Balaban J connectivity index is 1.89. The van der Waals surface area contributed by atoms with E-state index in [0.717, 1.165) is 18.4 Å². The zero-order valence-corrected chi connectivity index (χ0v) is 13.7. The molecule has 1 aromatic carbocycles. The molecule has 0 aliphatic carbocycles. The minimum Gasteiger partial charge on any atom is -0.487 e. The van der Waals surface area contributed by atoms with Gasteiger partial charge in [-0.05, 0) is 30.7 Å². The Hall–Kier alpha value is -3.29. The lowest BCUT2D eigenvalue weighted by atomic mass is 10.1. The molecule has 8 heteroatoms. The van der Waals surface area contributed by atoms with Crippen molar-refractivity contribution in [3.63, 3.8) is 0 Å². The number of aromatic nitrogens is 4. The van der Waals surface area contributed by atoms with Gasteiger partial charge in [0.25, 0.3) is 0 Å². The van der Waals surface area contributed by atoms with Gasteiger partial charge in [-0.3, -0.25) is 20.2 Å². The predicted octanol–water partition coefficient (Wildman–Crippen LogP) is 3.62. The summed E-state index contributed by atoms with van der Waals surface area (Å²) in [5, 5.41) is 18.3. The van der Waals surface area contributed by atoms with Gasteiger partial charge >= 0.3 is 5.69 Å². The fourth-order valence-corrected chi connectivity index (χ4v) is 2.28. The van der Waals surface area contributed by atoms with Crippen molar-refractivity contribution in [2.45, 2.75) is 19.8 Å². The van der Waals surface area contributed by atoms with Crippen LogP contribution < -0.4 is 4.74 Å². The van der Waals surface area contributed by atoms with E-state index in [4.69, 9.17) is 4.74 Å². The summed E-state index contributed by atoms with van der Waals surface area (Å²) in [6.45, 7) is 2.48. The number of hydrogen-bond donors (Lipinski definition) is 1. The normalized spacial score (nSPS) is 10.6. The second-order valence-corrected chi connectivity index (χ2v) is 5.39. The van der Waals surface area contributed by atoms with Crippen LogP contribution in [0.15, 0.2) is 42.7 Å². The number of ether oxygens (including phenoxy) is 1. The van der Waals surface area contributed by atoms with E-state index in [0.29, 0.717) is 23.8 Å². The lowest BCUT2D eigenvalue weighted by Crippen LogP contribution is -2.00. The highest BCUT2D eigenvalue weighted by atomic mass is 16.6. The molecule has 2 aromatic heterocycles. The van der Waals surface area contributed by atoms with Crippen molar-refractivity contribution >= 4 is 5.69 Å². The summed E-state index contributed by atoms with van der Waals surface area (Å²) in [6, 6.07) is 8.34. The Kier molecular flexibility index (Phi) is 4.98. The molecule has 2 heterocycles. The number of rotatable bonds is 7. The maximum absolute atomic E-state index is 11.3. The van der Waals surface area contributed by atoms with Gasteiger partial charge in [0.05, 0.1) is 11.5 Å². The van der Waals surface area contributed by atoms with Crippen LogP contribution in [-0.2, 0) is 0 Å². The molecule has 0 amide bonds. The minimum absolute atomic E-state index is 0.0936. The highest BCUT2D eigenvalue weighted by molar-refractivity contribution is 5.65. The van der Waals surface area contributed by atoms with E-state index in [9.17, 15) is 10.1 Å². The number of unbranched alkanes of at least 4 members (excludes halogenated alkanes) is 1. The second-order valence-electron chi connectivity index (χ2n) is 5.39. The van der Waals surface area contributed by atoms with E-state index in [1.807, 2.05) is 6.92 Å². The van der Waals surface area contributed by atoms with Crippen LogP contribution in [0.3, 0.4) is 0 Å². The zero-order chi connectivity index (χ0) is 17.6. The van der Waals surface area contributed by atoms with Crippen LogP contribution in [0.2, 0.25) is 0 Å². The van der Waals surface area contributed by atoms with Crippen LogP contribution in [0, 0.1) is 10.1 Å². The van der Waals surface area contributed by atoms with Crippen LogP contribution in [0.5, 0.6) is 5.75 Å². The summed E-state index contributed by atoms with van der Waals surface area (Å²) in [4.78, 5) is 19.2. The molecule has 0 unspecified atom stereocenters. The molecule has 3 rings (SSSR count). The quantitative estimate of drug-likeness (QED) is 0.400. The molecule has 128 valence electrons.